The normalized spacial score (nSPS) is 15.3. The van der Waals surface area contributed by atoms with Gasteiger partial charge >= 0.3 is 0 Å². The summed E-state index contributed by atoms with van der Waals surface area (Å²) in [4.78, 5) is 4.46. The summed E-state index contributed by atoms with van der Waals surface area (Å²) in [6.07, 6.45) is 17.5. The van der Waals surface area contributed by atoms with Gasteiger partial charge in [-0.2, -0.15) is 0 Å². The van der Waals surface area contributed by atoms with Gasteiger partial charge in [0.05, 0.1) is 20.8 Å². The van der Waals surface area contributed by atoms with Crippen LogP contribution in [0.15, 0.2) is 145 Å². The molecule has 0 fully saturated rings. The molecule has 6 aromatic rings. The van der Waals surface area contributed by atoms with Crippen molar-refractivity contribution in [2.75, 3.05) is 9.80 Å². The molecule has 4 heteroatoms. The summed E-state index contributed by atoms with van der Waals surface area (Å²) in [6.45, 7) is 0. The van der Waals surface area contributed by atoms with Crippen LogP contribution < -0.4 is 9.80 Å². The highest BCUT2D eigenvalue weighted by atomic mass is 32.1. The second kappa shape index (κ2) is 8.59. The molecular formula is C34H22N2S2. The number of hydrogen-bond donors (Lipinski definition) is 0. The Hall–Kier alpha value is -4.38. The third-order valence-electron chi connectivity index (χ3n) is 7.32. The number of thiophene rings is 2. The molecule has 0 amide bonds. The average Bonchev–Trinajstić information content (AvgIpc) is 3.56. The second-order valence-corrected chi connectivity index (χ2v) is 11.6. The Labute approximate surface area is 228 Å². The minimum atomic E-state index is 1.21. The molecule has 8 rings (SSSR count). The maximum atomic E-state index is 2.23. The van der Waals surface area contributed by atoms with E-state index in [1.54, 1.807) is 0 Å². The summed E-state index contributed by atoms with van der Waals surface area (Å²) >= 11 is 3.72. The standard InChI is InChI=1S/C34H22N2S2/c1-3-13-31-25(7-1)27-9-5-11-29(33(27)37-31)35-19-15-23(16-20-35)24-17-21-36(22-18-24)30-12-6-10-28-26-8-2-4-14-32(26)38-34(28)30/h1-22H. The predicted octanol–water partition coefficient (Wildman–Crippen LogP) is 10.1. The number of nitrogens with zero attached hydrogens (tertiary/aromatic N) is 2. The Kier molecular flexibility index (Phi) is 4.90. The Bertz CT molecular complexity index is 1870. The smallest absolute Gasteiger partial charge is 0.0628 e. The summed E-state index contributed by atoms with van der Waals surface area (Å²) in [5.41, 5.74) is 4.85. The number of allylic oxidation sites excluding steroid dienone is 6. The van der Waals surface area contributed by atoms with Crippen molar-refractivity contribution in [2.45, 2.75) is 0 Å². The van der Waals surface area contributed by atoms with Gasteiger partial charge in [0.15, 0.2) is 0 Å². The zero-order valence-electron chi connectivity index (χ0n) is 20.4. The summed E-state index contributed by atoms with van der Waals surface area (Å²) in [7, 11) is 0. The number of anilines is 2. The molecule has 0 N–H and O–H groups in total. The van der Waals surface area contributed by atoms with Crippen molar-refractivity contribution in [2.24, 2.45) is 0 Å². The average molecular weight is 523 g/mol. The van der Waals surface area contributed by atoms with Crippen LogP contribution in [0.5, 0.6) is 0 Å². The van der Waals surface area contributed by atoms with E-state index in [0.29, 0.717) is 0 Å². The number of hydrogen-bond acceptors (Lipinski definition) is 4. The molecule has 0 saturated heterocycles. The summed E-state index contributed by atoms with van der Waals surface area (Å²) in [6, 6.07) is 30.5. The van der Waals surface area contributed by atoms with Gasteiger partial charge in [-0.15, -0.1) is 22.7 Å². The van der Waals surface area contributed by atoms with Crippen molar-refractivity contribution >= 4 is 74.4 Å². The zero-order chi connectivity index (χ0) is 25.1. The van der Waals surface area contributed by atoms with Crippen molar-refractivity contribution in [3.63, 3.8) is 0 Å². The maximum absolute atomic E-state index is 2.23. The van der Waals surface area contributed by atoms with Gasteiger partial charge < -0.3 is 9.80 Å². The van der Waals surface area contributed by atoms with Gasteiger partial charge in [-0.05, 0) is 59.7 Å². The van der Waals surface area contributed by atoms with Gasteiger partial charge in [-0.3, -0.25) is 0 Å². The lowest BCUT2D eigenvalue weighted by Gasteiger charge is -2.22. The molecular weight excluding hydrogens is 501 g/mol. The molecule has 0 radical (unpaired) electrons. The third-order valence-corrected chi connectivity index (χ3v) is 9.73. The highest BCUT2D eigenvalue weighted by Gasteiger charge is 2.15. The first-order valence-corrected chi connectivity index (χ1v) is 14.3. The van der Waals surface area contributed by atoms with E-state index in [-0.39, 0.29) is 0 Å². The maximum Gasteiger partial charge on any atom is 0.0628 e. The zero-order valence-corrected chi connectivity index (χ0v) is 22.0. The van der Waals surface area contributed by atoms with E-state index in [0.717, 1.165) is 0 Å². The molecule has 38 heavy (non-hydrogen) atoms. The molecule has 2 aliphatic heterocycles. The lowest BCUT2D eigenvalue weighted by atomic mass is 10.0. The SMILES string of the molecule is C1=CN(c2cccc3c2sc2ccccc23)C=CC1=C1C=CN(c2cccc3c2sc2ccccc23)C=C1. The van der Waals surface area contributed by atoms with Gasteiger partial charge in [-0.1, -0.05) is 60.7 Å². The van der Waals surface area contributed by atoms with Crippen molar-refractivity contribution in [3.8, 4) is 0 Å². The number of rotatable bonds is 2. The van der Waals surface area contributed by atoms with Crippen molar-refractivity contribution in [1.82, 2.24) is 0 Å². The van der Waals surface area contributed by atoms with E-state index in [9.17, 15) is 0 Å². The van der Waals surface area contributed by atoms with Crippen LogP contribution in [-0.2, 0) is 0 Å². The molecule has 0 atom stereocenters. The van der Waals surface area contributed by atoms with Crippen LogP contribution in [0.4, 0.5) is 11.4 Å². The molecule has 0 unspecified atom stereocenters. The Balaban J connectivity index is 1.09. The van der Waals surface area contributed by atoms with E-state index in [1.165, 1.54) is 62.9 Å². The highest BCUT2D eigenvalue weighted by molar-refractivity contribution is 7.26. The van der Waals surface area contributed by atoms with Crippen molar-refractivity contribution < 1.29 is 0 Å². The van der Waals surface area contributed by atoms with E-state index in [1.807, 2.05) is 22.7 Å². The fourth-order valence-corrected chi connectivity index (χ4v) is 7.87. The minimum absolute atomic E-state index is 1.21. The topological polar surface area (TPSA) is 6.48 Å². The molecule has 0 bridgehead atoms. The first-order valence-electron chi connectivity index (χ1n) is 12.7. The predicted molar refractivity (Wildman–Crippen MR) is 167 cm³/mol. The van der Waals surface area contributed by atoms with Crippen LogP contribution >= 0.6 is 22.7 Å². The molecule has 4 heterocycles. The molecule has 0 aliphatic carbocycles. The lowest BCUT2D eigenvalue weighted by Crippen LogP contribution is -2.12. The Morgan fingerprint density at radius 3 is 1.24 bits per heavy atom. The molecule has 180 valence electrons. The van der Waals surface area contributed by atoms with Crippen LogP contribution in [0.1, 0.15) is 0 Å². The van der Waals surface area contributed by atoms with Crippen LogP contribution in [0, 0.1) is 0 Å². The summed E-state index contributed by atoms with van der Waals surface area (Å²) in [5, 5.41) is 5.30. The van der Waals surface area contributed by atoms with Crippen LogP contribution in [0.2, 0.25) is 0 Å². The lowest BCUT2D eigenvalue weighted by molar-refractivity contribution is 1.24. The van der Waals surface area contributed by atoms with Crippen molar-refractivity contribution in [1.29, 1.82) is 0 Å². The largest absolute Gasteiger partial charge is 0.322 e. The molecule has 2 nitrogen and oxygen atoms in total. The van der Waals surface area contributed by atoms with Gasteiger partial charge in [0.25, 0.3) is 0 Å². The van der Waals surface area contributed by atoms with Crippen LogP contribution in [0.3, 0.4) is 0 Å². The quantitative estimate of drug-likeness (QED) is 0.223. The first-order chi connectivity index (χ1) is 18.8. The molecule has 4 aromatic carbocycles. The van der Waals surface area contributed by atoms with Crippen LogP contribution in [-0.4, -0.2) is 0 Å². The van der Waals surface area contributed by atoms with Crippen molar-refractivity contribution in [3.05, 3.63) is 145 Å². The third kappa shape index (κ3) is 3.38. The summed E-state index contributed by atoms with van der Waals surface area (Å²) in [5.74, 6) is 0. The summed E-state index contributed by atoms with van der Waals surface area (Å²) < 4.78 is 5.30. The van der Waals surface area contributed by atoms with Gasteiger partial charge in [0.2, 0.25) is 0 Å². The number of fused-ring (bicyclic) bond motifs is 6. The fourth-order valence-electron chi connectivity index (χ4n) is 5.43. The van der Waals surface area contributed by atoms with E-state index in [2.05, 4.69) is 144 Å². The highest BCUT2D eigenvalue weighted by Crippen LogP contribution is 2.41. The first kappa shape index (κ1) is 21.7. The van der Waals surface area contributed by atoms with Gasteiger partial charge in [-0.25, -0.2) is 0 Å². The fraction of sp³-hybridized carbons (Fsp3) is 0. The van der Waals surface area contributed by atoms with Crippen LogP contribution in [0.25, 0.3) is 40.3 Å². The molecule has 2 aliphatic rings. The molecule has 0 saturated carbocycles. The molecule has 2 aromatic heterocycles. The van der Waals surface area contributed by atoms with Gasteiger partial charge in [0, 0.05) is 55.7 Å². The minimum Gasteiger partial charge on any atom is -0.322 e. The monoisotopic (exact) mass is 522 g/mol. The molecule has 0 spiro atoms. The Morgan fingerprint density at radius 1 is 0.395 bits per heavy atom. The second-order valence-electron chi connectivity index (χ2n) is 9.49. The Morgan fingerprint density at radius 2 is 0.789 bits per heavy atom. The van der Waals surface area contributed by atoms with E-state index >= 15 is 0 Å². The number of benzene rings is 4. The van der Waals surface area contributed by atoms with E-state index < -0.39 is 0 Å². The van der Waals surface area contributed by atoms with E-state index in [4.69, 9.17) is 0 Å². The van der Waals surface area contributed by atoms with Gasteiger partial charge in [0.1, 0.15) is 0 Å².